The third-order valence-corrected chi connectivity index (χ3v) is 6.06. The number of likely N-dealkylation sites (tertiary alicyclic amines) is 1. The van der Waals surface area contributed by atoms with E-state index in [9.17, 15) is 0 Å². The summed E-state index contributed by atoms with van der Waals surface area (Å²) in [6.45, 7) is 2.21. The van der Waals surface area contributed by atoms with E-state index in [1.807, 2.05) is 0 Å². The number of fused-ring (bicyclic) bond motifs is 2. The van der Waals surface area contributed by atoms with Crippen molar-refractivity contribution in [2.45, 2.75) is 11.8 Å². The van der Waals surface area contributed by atoms with Gasteiger partial charge in [-0.3, -0.25) is 0 Å². The van der Waals surface area contributed by atoms with Gasteiger partial charge >= 0.3 is 0 Å². The molecular formula is C25H23N. The van der Waals surface area contributed by atoms with Gasteiger partial charge in [0.1, 0.15) is 0 Å². The quantitative estimate of drug-likeness (QED) is 0.459. The Labute approximate surface area is 154 Å². The summed E-state index contributed by atoms with van der Waals surface area (Å²) in [7, 11) is 2.24. The molecule has 1 aliphatic heterocycles. The molecule has 4 aromatic carbocycles. The minimum Gasteiger partial charge on any atom is -0.305 e. The van der Waals surface area contributed by atoms with Crippen molar-refractivity contribution in [1.82, 2.24) is 4.90 Å². The number of hydrogen-bond donors (Lipinski definition) is 0. The van der Waals surface area contributed by atoms with Crippen LogP contribution in [0.1, 0.15) is 17.5 Å². The summed E-state index contributed by atoms with van der Waals surface area (Å²) in [6.07, 6.45) is 1.17. The number of benzene rings is 4. The van der Waals surface area contributed by atoms with E-state index in [1.54, 1.807) is 0 Å². The molecule has 0 N–H and O–H groups in total. The molecule has 26 heavy (non-hydrogen) atoms. The minimum absolute atomic E-state index is 0.0722. The van der Waals surface area contributed by atoms with Gasteiger partial charge in [-0.2, -0.15) is 0 Å². The van der Waals surface area contributed by atoms with Gasteiger partial charge in [-0.15, -0.1) is 0 Å². The van der Waals surface area contributed by atoms with E-state index >= 15 is 0 Å². The van der Waals surface area contributed by atoms with Crippen molar-refractivity contribution in [2.75, 3.05) is 20.1 Å². The molecule has 1 nitrogen and oxygen atoms in total. The van der Waals surface area contributed by atoms with Crippen LogP contribution in [-0.4, -0.2) is 25.0 Å². The highest BCUT2D eigenvalue weighted by Gasteiger charge is 2.40. The zero-order valence-corrected chi connectivity index (χ0v) is 15.2. The Kier molecular flexibility index (Phi) is 3.58. The molecule has 4 aromatic rings. The average Bonchev–Trinajstić information content (AvgIpc) is 3.10. The first kappa shape index (κ1) is 15.6. The van der Waals surface area contributed by atoms with Crippen LogP contribution in [0, 0.1) is 0 Å². The second kappa shape index (κ2) is 5.96. The van der Waals surface area contributed by atoms with Crippen LogP contribution in [0.25, 0.3) is 21.5 Å². The van der Waals surface area contributed by atoms with Crippen molar-refractivity contribution < 1.29 is 0 Å². The topological polar surface area (TPSA) is 3.24 Å². The molecule has 1 saturated heterocycles. The minimum atomic E-state index is 0.0722. The lowest BCUT2D eigenvalue weighted by molar-refractivity contribution is 0.391. The van der Waals surface area contributed by atoms with Crippen LogP contribution in [0.5, 0.6) is 0 Å². The summed E-state index contributed by atoms with van der Waals surface area (Å²) in [6, 6.07) is 31.4. The molecule has 0 atom stereocenters. The van der Waals surface area contributed by atoms with Crippen molar-refractivity contribution in [3.63, 3.8) is 0 Å². The zero-order valence-electron chi connectivity index (χ0n) is 15.2. The standard InChI is InChI=1S/C25H23N/c1-26-15-14-25(18-26,23-12-10-19-6-2-4-8-21(19)16-23)24-13-11-20-7-3-5-9-22(20)17-24/h2-13,16-17H,14-15,18H2,1H3. The molecule has 5 rings (SSSR count). The van der Waals surface area contributed by atoms with Crippen LogP contribution in [0.4, 0.5) is 0 Å². The van der Waals surface area contributed by atoms with Crippen LogP contribution < -0.4 is 0 Å². The summed E-state index contributed by atoms with van der Waals surface area (Å²) in [4.78, 5) is 2.46. The molecule has 1 heterocycles. The highest BCUT2D eigenvalue weighted by Crippen LogP contribution is 2.42. The molecule has 1 heteroatoms. The van der Waals surface area contributed by atoms with Crippen LogP contribution in [-0.2, 0) is 5.41 Å². The maximum atomic E-state index is 2.46. The SMILES string of the molecule is CN1CCC(c2ccc3ccccc3c2)(c2ccc3ccccc3c2)C1. The highest BCUT2D eigenvalue weighted by atomic mass is 15.1. The molecule has 0 spiro atoms. The Bertz CT molecular complexity index is 1020. The maximum absolute atomic E-state index is 2.46. The average molecular weight is 337 g/mol. The zero-order chi connectivity index (χ0) is 17.6. The summed E-state index contributed by atoms with van der Waals surface area (Å²) < 4.78 is 0. The van der Waals surface area contributed by atoms with E-state index < -0.39 is 0 Å². The highest BCUT2D eigenvalue weighted by molar-refractivity contribution is 5.85. The molecule has 0 aliphatic carbocycles. The third-order valence-electron chi connectivity index (χ3n) is 6.06. The predicted octanol–water partition coefficient (Wildman–Crippen LogP) is 5.61. The Morgan fingerprint density at radius 2 is 1.15 bits per heavy atom. The fourth-order valence-electron chi connectivity index (χ4n) is 4.61. The summed E-state index contributed by atoms with van der Waals surface area (Å²) in [5.41, 5.74) is 2.95. The van der Waals surface area contributed by atoms with E-state index in [-0.39, 0.29) is 5.41 Å². The van der Waals surface area contributed by atoms with Crippen molar-refractivity contribution in [3.05, 3.63) is 96.1 Å². The molecule has 0 bridgehead atoms. The molecular weight excluding hydrogens is 314 g/mol. The van der Waals surface area contributed by atoms with Crippen LogP contribution in [0.2, 0.25) is 0 Å². The Morgan fingerprint density at radius 1 is 0.654 bits per heavy atom. The van der Waals surface area contributed by atoms with Gasteiger partial charge in [-0.25, -0.2) is 0 Å². The van der Waals surface area contributed by atoms with Gasteiger partial charge in [0.05, 0.1) is 0 Å². The summed E-state index contributed by atoms with van der Waals surface area (Å²) >= 11 is 0. The van der Waals surface area contributed by atoms with Gasteiger partial charge in [0.2, 0.25) is 0 Å². The van der Waals surface area contributed by atoms with E-state index in [0.717, 1.165) is 13.1 Å². The van der Waals surface area contributed by atoms with Crippen molar-refractivity contribution in [1.29, 1.82) is 0 Å². The Morgan fingerprint density at radius 3 is 1.62 bits per heavy atom. The number of hydrogen-bond acceptors (Lipinski definition) is 1. The van der Waals surface area contributed by atoms with Crippen LogP contribution >= 0.6 is 0 Å². The predicted molar refractivity (Wildman–Crippen MR) is 111 cm³/mol. The maximum Gasteiger partial charge on any atom is 0.0342 e. The lowest BCUT2D eigenvalue weighted by atomic mass is 9.73. The molecule has 1 fully saturated rings. The van der Waals surface area contributed by atoms with E-state index in [4.69, 9.17) is 0 Å². The molecule has 0 aromatic heterocycles. The molecule has 0 radical (unpaired) electrons. The van der Waals surface area contributed by atoms with Crippen molar-refractivity contribution in [3.8, 4) is 0 Å². The molecule has 0 amide bonds. The van der Waals surface area contributed by atoms with Crippen LogP contribution in [0.3, 0.4) is 0 Å². The lowest BCUT2D eigenvalue weighted by Crippen LogP contribution is -2.31. The monoisotopic (exact) mass is 337 g/mol. The Hall–Kier alpha value is -2.64. The normalized spacial score (nSPS) is 17.1. The van der Waals surface area contributed by atoms with Crippen molar-refractivity contribution in [2.24, 2.45) is 0 Å². The molecule has 0 unspecified atom stereocenters. The first-order valence-electron chi connectivity index (χ1n) is 9.42. The van der Waals surface area contributed by atoms with Crippen LogP contribution in [0.15, 0.2) is 84.9 Å². The number of rotatable bonds is 2. The third kappa shape index (κ3) is 2.43. The second-order valence-corrected chi connectivity index (χ2v) is 7.69. The number of likely N-dealkylation sites (N-methyl/N-ethyl adjacent to an activating group) is 1. The molecule has 0 saturated carbocycles. The second-order valence-electron chi connectivity index (χ2n) is 7.69. The first-order chi connectivity index (χ1) is 12.7. The Balaban J connectivity index is 1.72. The summed E-state index contributed by atoms with van der Waals surface area (Å²) in [5.74, 6) is 0. The van der Waals surface area contributed by atoms with E-state index in [1.165, 1.54) is 39.1 Å². The largest absolute Gasteiger partial charge is 0.305 e. The molecule has 1 aliphatic rings. The van der Waals surface area contributed by atoms with E-state index in [2.05, 4.69) is 96.9 Å². The number of nitrogens with zero attached hydrogens (tertiary/aromatic N) is 1. The molecule has 128 valence electrons. The lowest BCUT2D eigenvalue weighted by Gasteiger charge is -2.31. The fourth-order valence-corrected chi connectivity index (χ4v) is 4.61. The summed E-state index contributed by atoms with van der Waals surface area (Å²) in [5, 5.41) is 5.30. The van der Waals surface area contributed by atoms with Gasteiger partial charge in [0.15, 0.2) is 0 Å². The smallest absolute Gasteiger partial charge is 0.0342 e. The van der Waals surface area contributed by atoms with Gasteiger partial charge in [-0.05, 0) is 52.7 Å². The van der Waals surface area contributed by atoms with Gasteiger partial charge in [0.25, 0.3) is 0 Å². The van der Waals surface area contributed by atoms with Gasteiger partial charge in [-0.1, -0.05) is 84.9 Å². The fraction of sp³-hybridized carbons (Fsp3) is 0.200. The first-order valence-corrected chi connectivity index (χ1v) is 9.42. The van der Waals surface area contributed by atoms with E-state index in [0.29, 0.717) is 0 Å². The van der Waals surface area contributed by atoms with Gasteiger partial charge in [0, 0.05) is 12.0 Å². The van der Waals surface area contributed by atoms with Crippen molar-refractivity contribution >= 4 is 21.5 Å². The van der Waals surface area contributed by atoms with Gasteiger partial charge < -0.3 is 4.90 Å².